The number of thiazole rings is 2. The van der Waals surface area contributed by atoms with Crippen molar-refractivity contribution in [1.29, 1.82) is 0 Å². The van der Waals surface area contributed by atoms with Crippen molar-refractivity contribution in [3.63, 3.8) is 0 Å². The van der Waals surface area contributed by atoms with Crippen molar-refractivity contribution in [1.82, 2.24) is 9.97 Å². The van der Waals surface area contributed by atoms with Crippen molar-refractivity contribution in [2.45, 2.75) is 13.8 Å². The van der Waals surface area contributed by atoms with Gasteiger partial charge in [0.2, 0.25) is 0 Å². The normalized spacial score (nSPS) is 11.6. The maximum Gasteiger partial charge on any atom is 0.124 e. The fourth-order valence-corrected chi connectivity index (χ4v) is 8.10. The predicted molar refractivity (Wildman–Crippen MR) is 160 cm³/mol. The van der Waals surface area contributed by atoms with Crippen LogP contribution in [0.2, 0.25) is 0 Å². The second-order valence-electron chi connectivity index (χ2n) is 8.96. The minimum atomic E-state index is 1.04. The third-order valence-electron chi connectivity index (χ3n) is 6.19. The molecule has 0 aliphatic heterocycles. The third kappa shape index (κ3) is 4.00. The molecule has 0 aliphatic carbocycles. The molecule has 2 nitrogen and oxygen atoms in total. The molecule has 174 valence electrons. The second-order valence-corrected chi connectivity index (χ2v) is 12.8. The largest absolute Gasteiger partial charge is 0.236 e. The molecule has 4 heterocycles. The van der Waals surface area contributed by atoms with Crippen molar-refractivity contribution in [3.8, 4) is 42.0 Å². The van der Waals surface area contributed by atoms with Crippen LogP contribution < -0.4 is 0 Å². The first kappa shape index (κ1) is 22.1. The molecule has 0 N–H and O–H groups in total. The standard InChI is InChI=1S/C30H20N2S4/c1-17-11-25(33-15-17)19-3-7-21(8-4-19)29-31-23-13-28-24(14-27(23)35-29)32-30(36-28)22-9-5-20(6-10-22)26-12-18(2)16-34-26/h3-16H,1-2H3. The van der Waals surface area contributed by atoms with Crippen molar-refractivity contribution in [3.05, 3.63) is 94.7 Å². The van der Waals surface area contributed by atoms with E-state index in [1.54, 1.807) is 45.3 Å². The van der Waals surface area contributed by atoms with Gasteiger partial charge in [0.25, 0.3) is 0 Å². The van der Waals surface area contributed by atoms with E-state index in [0.29, 0.717) is 0 Å². The molecule has 7 aromatic rings. The lowest BCUT2D eigenvalue weighted by atomic mass is 10.1. The van der Waals surface area contributed by atoms with Gasteiger partial charge in [0.15, 0.2) is 0 Å². The van der Waals surface area contributed by atoms with E-state index in [4.69, 9.17) is 9.97 Å². The van der Waals surface area contributed by atoms with E-state index in [-0.39, 0.29) is 0 Å². The highest BCUT2D eigenvalue weighted by Gasteiger charge is 2.13. The molecular formula is C30H20N2S4. The lowest BCUT2D eigenvalue weighted by molar-refractivity contribution is 1.47. The van der Waals surface area contributed by atoms with Gasteiger partial charge in [-0.2, -0.15) is 0 Å². The first-order chi connectivity index (χ1) is 17.6. The molecule has 0 atom stereocenters. The van der Waals surface area contributed by atoms with Gasteiger partial charge in [-0.05, 0) is 71.1 Å². The van der Waals surface area contributed by atoms with Gasteiger partial charge in [-0.15, -0.1) is 45.3 Å². The smallest absolute Gasteiger partial charge is 0.124 e. The van der Waals surface area contributed by atoms with E-state index in [9.17, 15) is 0 Å². The number of aromatic nitrogens is 2. The van der Waals surface area contributed by atoms with Crippen LogP contribution in [-0.4, -0.2) is 9.97 Å². The molecule has 0 saturated carbocycles. The Morgan fingerprint density at radius 1 is 0.500 bits per heavy atom. The summed E-state index contributed by atoms with van der Waals surface area (Å²) in [6.45, 7) is 4.28. The van der Waals surface area contributed by atoms with Crippen LogP contribution in [0.5, 0.6) is 0 Å². The Morgan fingerprint density at radius 3 is 1.25 bits per heavy atom. The summed E-state index contributed by atoms with van der Waals surface area (Å²) < 4.78 is 2.35. The summed E-state index contributed by atoms with van der Waals surface area (Å²) in [5.74, 6) is 0. The molecular weight excluding hydrogens is 517 g/mol. The number of nitrogens with zero attached hydrogens (tertiary/aromatic N) is 2. The van der Waals surface area contributed by atoms with E-state index >= 15 is 0 Å². The Kier molecular flexibility index (Phi) is 5.36. The van der Waals surface area contributed by atoms with Gasteiger partial charge >= 0.3 is 0 Å². The molecule has 0 bridgehead atoms. The monoisotopic (exact) mass is 536 g/mol. The summed E-state index contributed by atoms with van der Waals surface area (Å²) in [6, 6.07) is 26.4. The van der Waals surface area contributed by atoms with Crippen LogP contribution >= 0.6 is 45.3 Å². The first-order valence-corrected chi connectivity index (χ1v) is 15.0. The van der Waals surface area contributed by atoms with Gasteiger partial charge in [0, 0.05) is 20.9 Å². The Labute approximate surface area is 225 Å². The quantitative estimate of drug-likeness (QED) is 0.224. The maximum atomic E-state index is 4.97. The summed E-state index contributed by atoms with van der Waals surface area (Å²) >= 11 is 7.05. The zero-order valence-electron chi connectivity index (χ0n) is 19.6. The van der Waals surface area contributed by atoms with Gasteiger partial charge < -0.3 is 0 Å². The zero-order chi connectivity index (χ0) is 24.2. The van der Waals surface area contributed by atoms with E-state index in [1.807, 2.05) is 0 Å². The zero-order valence-corrected chi connectivity index (χ0v) is 22.9. The van der Waals surface area contributed by atoms with Crippen LogP contribution in [-0.2, 0) is 0 Å². The third-order valence-corrected chi connectivity index (χ3v) is 10.5. The number of hydrogen-bond donors (Lipinski definition) is 0. The van der Waals surface area contributed by atoms with Crippen molar-refractivity contribution < 1.29 is 0 Å². The lowest BCUT2D eigenvalue weighted by Crippen LogP contribution is -1.77. The predicted octanol–water partition coefficient (Wildman–Crippen LogP) is 10.3. The van der Waals surface area contributed by atoms with Crippen LogP contribution in [0, 0.1) is 13.8 Å². The van der Waals surface area contributed by atoms with Crippen molar-refractivity contribution in [2.75, 3.05) is 0 Å². The number of rotatable bonds is 4. The minimum Gasteiger partial charge on any atom is -0.236 e. The average molecular weight is 537 g/mol. The molecule has 36 heavy (non-hydrogen) atoms. The summed E-state index contributed by atoms with van der Waals surface area (Å²) in [5, 5.41) is 6.50. The fourth-order valence-electron chi connectivity index (χ4n) is 4.32. The van der Waals surface area contributed by atoms with E-state index in [2.05, 4.69) is 97.4 Å². The summed E-state index contributed by atoms with van der Waals surface area (Å²) in [5.41, 5.74) is 9.54. The number of thiophene rings is 2. The lowest BCUT2D eigenvalue weighted by Gasteiger charge is -2.00. The van der Waals surface area contributed by atoms with Crippen LogP contribution in [0.3, 0.4) is 0 Å². The number of hydrogen-bond acceptors (Lipinski definition) is 6. The second kappa shape index (κ2) is 8.75. The molecule has 0 fully saturated rings. The molecule has 6 heteroatoms. The van der Waals surface area contributed by atoms with Crippen LogP contribution in [0.1, 0.15) is 11.1 Å². The van der Waals surface area contributed by atoms with Gasteiger partial charge in [-0.1, -0.05) is 48.5 Å². The Hall–Kier alpha value is -3.16. The van der Waals surface area contributed by atoms with Crippen molar-refractivity contribution >= 4 is 65.8 Å². The van der Waals surface area contributed by atoms with Gasteiger partial charge in [0.1, 0.15) is 10.0 Å². The fraction of sp³-hybridized carbons (Fsp3) is 0.0667. The molecule has 7 rings (SSSR count). The van der Waals surface area contributed by atoms with Crippen LogP contribution in [0.4, 0.5) is 0 Å². The van der Waals surface area contributed by atoms with Gasteiger partial charge in [-0.3, -0.25) is 0 Å². The molecule has 0 spiro atoms. The van der Waals surface area contributed by atoms with E-state index in [0.717, 1.165) is 32.2 Å². The molecule has 0 aliphatic rings. The SMILES string of the molecule is Cc1csc(-c2ccc(-c3nc4cc5sc(-c6ccc(-c7cc(C)cs7)cc6)nc5cc4s3)cc2)c1. The van der Waals surface area contributed by atoms with Gasteiger partial charge in [0.05, 0.1) is 20.4 Å². The highest BCUT2D eigenvalue weighted by atomic mass is 32.1. The topological polar surface area (TPSA) is 25.8 Å². The number of aryl methyl sites for hydroxylation is 2. The molecule has 0 saturated heterocycles. The molecule has 0 radical (unpaired) electrons. The summed E-state index contributed by atoms with van der Waals surface area (Å²) in [4.78, 5) is 12.6. The Morgan fingerprint density at radius 2 is 0.889 bits per heavy atom. The van der Waals surface area contributed by atoms with Gasteiger partial charge in [-0.25, -0.2) is 9.97 Å². The molecule has 3 aromatic carbocycles. The number of fused-ring (bicyclic) bond motifs is 2. The highest BCUT2D eigenvalue weighted by Crippen LogP contribution is 2.38. The maximum absolute atomic E-state index is 4.97. The molecule has 0 unspecified atom stereocenters. The van der Waals surface area contributed by atoms with E-state index in [1.165, 1.54) is 41.4 Å². The molecule has 4 aromatic heterocycles. The van der Waals surface area contributed by atoms with Crippen LogP contribution in [0.25, 0.3) is 62.5 Å². The van der Waals surface area contributed by atoms with E-state index < -0.39 is 0 Å². The minimum absolute atomic E-state index is 1.04. The average Bonchev–Trinajstić information content (AvgIpc) is 3.69. The number of benzene rings is 3. The Bertz CT molecular complexity index is 1660. The summed E-state index contributed by atoms with van der Waals surface area (Å²) in [7, 11) is 0. The Balaban J connectivity index is 1.18. The van der Waals surface area contributed by atoms with Crippen LogP contribution in [0.15, 0.2) is 83.6 Å². The summed E-state index contributed by atoms with van der Waals surface area (Å²) in [6.07, 6.45) is 0. The first-order valence-electron chi connectivity index (χ1n) is 11.6. The molecule has 0 amide bonds. The highest BCUT2D eigenvalue weighted by molar-refractivity contribution is 7.23. The van der Waals surface area contributed by atoms with Crippen molar-refractivity contribution in [2.24, 2.45) is 0 Å².